The lowest BCUT2D eigenvalue weighted by Crippen LogP contribution is -2.26. The lowest BCUT2D eigenvalue weighted by Gasteiger charge is -2.07. The van der Waals surface area contributed by atoms with Crippen molar-refractivity contribution in [2.24, 2.45) is 0 Å². The number of hydrogen-bond acceptors (Lipinski definition) is 5. The molecule has 1 N–H and O–H groups in total. The second-order valence-corrected chi connectivity index (χ2v) is 6.77. The number of aromatic nitrogens is 3. The quantitative estimate of drug-likeness (QED) is 0.562. The molecule has 0 atom stereocenters. The van der Waals surface area contributed by atoms with E-state index >= 15 is 0 Å². The van der Waals surface area contributed by atoms with Crippen molar-refractivity contribution >= 4 is 5.91 Å². The van der Waals surface area contributed by atoms with Gasteiger partial charge in [-0.05, 0) is 44.5 Å². The molecule has 1 heterocycles. The molecule has 0 radical (unpaired) electrons. The minimum absolute atomic E-state index is 0.122. The Morgan fingerprint density at radius 3 is 2.66 bits per heavy atom. The van der Waals surface area contributed by atoms with Gasteiger partial charge in [-0.25, -0.2) is 9.67 Å². The number of para-hydroxylation sites is 1. The first-order chi connectivity index (χ1) is 14.1. The summed E-state index contributed by atoms with van der Waals surface area (Å²) in [5.41, 5.74) is 1.63. The van der Waals surface area contributed by atoms with Gasteiger partial charge in [0.15, 0.2) is 5.82 Å². The molecule has 0 spiro atoms. The van der Waals surface area contributed by atoms with Crippen molar-refractivity contribution in [3.05, 3.63) is 60.4 Å². The summed E-state index contributed by atoms with van der Waals surface area (Å²) in [6.45, 7) is 5.07. The van der Waals surface area contributed by atoms with E-state index in [1.54, 1.807) is 11.8 Å². The van der Waals surface area contributed by atoms with E-state index < -0.39 is 0 Å². The molecule has 0 aliphatic carbocycles. The van der Waals surface area contributed by atoms with Crippen LogP contribution in [0.4, 0.5) is 0 Å². The molecule has 0 aliphatic heterocycles. The van der Waals surface area contributed by atoms with Crippen molar-refractivity contribution < 1.29 is 14.3 Å². The topological polar surface area (TPSA) is 78.3 Å². The van der Waals surface area contributed by atoms with E-state index in [-0.39, 0.29) is 17.8 Å². The van der Waals surface area contributed by atoms with Crippen LogP contribution in [-0.2, 0) is 4.74 Å². The number of hydrogen-bond donors (Lipinski definition) is 1. The van der Waals surface area contributed by atoms with Crippen molar-refractivity contribution in [1.29, 1.82) is 0 Å². The van der Waals surface area contributed by atoms with Gasteiger partial charge in [-0.2, -0.15) is 0 Å². The maximum Gasteiger partial charge on any atom is 0.290 e. The maximum absolute atomic E-state index is 12.6. The Morgan fingerprint density at radius 1 is 1.14 bits per heavy atom. The minimum atomic E-state index is -0.312. The fourth-order valence-corrected chi connectivity index (χ4v) is 2.78. The SMILES string of the molecule is COc1cccc(-c2nc(C(=O)NCCCOC(C)C)nn2-c2ccccc2)c1. The van der Waals surface area contributed by atoms with E-state index in [4.69, 9.17) is 9.47 Å². The Hall–Kier alpha value is -3.19. The van der Waals surface area contributed by atoms with Gasteiger partial charge in [-0.15, -0.1) is 5.10 Å². The highest BCUT2D eigenvalue weighted by atomic mass is 16.5. The van der Waals surface area contributed by atoms with Crippen LogP contribution in [0.5, 0.6) is 5.75 Å². The third-order valence-electron chi connectivity index (χ3n) is 4.20. The largest absolute Gasteiger partial charge is 0.497 e. The molecule has 1 amide bonds. The highest BCUT2D eigenvalue weighted by Crippen LogP contribution is 2.24. The number of benzene rings is 2. The maximum atomic E-state index is 12.6. The molecule has 0 bridgehead atoms. The van der Waals surface area contributed by atoms with E-state index in [9.17, 15) is 4.79 Å². The molecule has 0 unspecified atom stereocenters. The number of nitrogens with zero attached hydrogens (tertiary/aromatic N) is 3. The van der Waals surface area contributed by atoms with Crippen molar-refractivity contribution in [2.45, 2.75) is 26.4 Å². The zero-order chi connectivity index (χ0) is 20.6. The van der Waals surface area contributed by atoms with Gasteiger partial charge in [0.25, 0.3) is 5.91 Å². The Labute approximate surface area is 170 Å². The van der Waals surface area contributed by atoms with Gasteiger partial charge in [0.05, 0.1) is 18.9 Å². The molecule has 0 aliphatic rings. The van der Waals surface area contributed by atoms with Crippen LogP contribution < -0.4 is 10.1 Å². The fourth-order valence-electron chi connectivity index (χ4n) is 2.78. The second kappa shape index (κ2) is 9.84. The summed E-state index contributed by atoms with van der Waals surface area (Å²) in [5, 5.41) is 7.32. The average molecular weight is 394 g/mol. The molecule has 0 saturated heterocycles. The van der Waals surface area contributed by atoms with Crippen LogP contribution in [0.2, 0.25) is 0 Å². The normalized spacial score (nSPS) is 10.9. The molecule has 0 fully saturated rings. The summed E-state index contributed by atoms with van der Waals surface area (Å²) in [6.07, 6.45) is 0.908. The van der Waals surface area contributed by atoms with Crippen LogP contribution in [0.1, 0.15) is 30.9 Å². The lowest BCUT2D eigenvalue weighted by atomic mass is 10.2. The van der Waals surface area contributed by atoms with Gasteiger partial charge < -0.3 is 14.8 Å². The molecule has 7 nitrogen and oxygen atoms in total. The number of amides is 1. The Balaban J connectivity index is 1.84. The molecule has 2 aromatic carbocycles. The zero-order valence-corrected chi connectivity index (χ0v) is 17.0. The summed E-state index contributed by atoms with van der Waals surface area (Å²) in [4.78, 5) is 17.1. The summed E-state index contributed by atoms with van der Waals surface area (Å²) >= 11 is 0. The number of nitrogens with one attached hydrogen (secondary N) is 1. The number of carbonyl (C=O) groups excluding carboxylic acids is 1. The Morgan fingerprint density at radius 2 is 1.93 bits per heavy atom. The van der Waals surface area contributed by atoms with Gasteiger partial charge in [0.1, 0.15) is 5.75 Å². The standard InChI is InChI=1S/C22H26N4O3/c1-16(2)29-14-8-13-23-22(27)20-24-21(17-9-7-12-19(15-17)28-3)26(25-20)18-10-5-4-6-11-18/h4-7,9-12,15-16H,8,13-14H2,1-3H3,(H,23,27). The van der Waals surface area contributed by atoms with Gasteiger partial charge in [0.2, 0.25) is 5.82 Å². The summed E-state index contributed by atoms with van der Waals surface area (Å²) in [6, 6.07) is 17.1. The lowest BCUT2D eigenvalue weighted by molar-refractivity contribution is 0.0756. The third kappa shape index (κ3) is 5.42. The smallest absolute Gasteiger partial charge is 0.290 e. The van der Waals surface area contributed by atoms with Crippen LogP contribution >= 0.6 is 0 Å². The van der Waals surface area contributed by atoms with Gasteiger partial charge >= 0.3 is 0 Å². The van der Waals surface area contributed by atoms with E-state index in [0.717, 1.165) is 17.7 Å². The molecule has 152 valence electrons. The monoisotopic (exact) mass is 394 g/mol. The Kier molecular flexibility index (Phi) is 6.97. The minimum Gasteiger partial charge on any atom is -0.497 e. The molecule has 3 rings (SSSR count). The van der Waals surface area contributed by atoms with Gasteiger partial charge in [-0.3, -0.25) is 4.79 Å². The highest BCUT2D eigenvalue weighted by molar-refractivity contribution is 5.91. The van der Waals surface area contributed by atoms with Gasteiger partial charge in [0, 0.05) is 18.7 Å². The molecule has 3 aromatic rings. The number of ether oxygens (including phenoxy) is 2. The van der Waals surface area contributed by atoms with E-state index in [1.807, 2.05) is 68.4 Å². The first-order valence-corrected chi connectivity index (χ1v) is 9.65. The van der Waals surface area contributed by atoms with Crippen LogP contribution in [0, 0.1) is 0 Å². The molecule has 29 heavy (non-hydrogen) atoms. The molecular weight excluding hydrogens is 368 g/mol. The number of rotatable bonds is 9. The number of methoxy groups -OCH3 is 1. The molecule has 1 aromatic heterocycles. The van der Waals surface area contributed by atoms with Crippen molar-refractivity contribution in [3.63, 3.8) is 0 Å². The summed E-state index contributed by atoms with van der Waals surface area (Å²) in [7, 11) is 1.61. The molecule has 0 saturated carbocycles. The number of carbonyl (C=O) groups is 1. The van der Waals surface area contributed by atoms with E-state index in [0.29, 0.717) is 24.7 Å². The highest BCUT2D eigenvalue weighted by Gasteiger charge is 2.18. The first kappa shape index (κ1) is 20.5. The first-order valence-electron chi connectivity index (χ1n) is 9.65. The van der Waals surface area contributed by atoms with Crippen LogP contribution in [-0.4, -0.2) is 47.0 Å². The van der Waals surface area contributed by atoms with Crippen LogP contribution in [0.25, 0.3) is 17.1 Å². The predicted octanol–water partition coefficient (Wildman–Crippen LogP) is 3.49. The van der Waals surface area contributed by atoms with E-state index in [2.05, 4.69) is 15.4 Å². The summed E-state index contributed by atoms with van der Waals surface area (Å²) < 4.78 is 12.5. The predicted molar refractivity (Wildman–Crippen MR) is 111 cm³/mol. The van der Waals surface area contributed by atoms with Crippen LogP contribution in [0.3, 0.4) is 0 Å². The fraction of sp³-hybridized carbons (Fsp3) is 0.318. The average Bonchev–Trinajstić information content (AvgIpc) is 3.19. The Bertz CT molecular complexity index is 938. The van der Waals surface area contributed by atoms with Crippen LogP contribution in [0.15, 0.2) is 54.6 Å². The molecule has 7 heteroatoms. The van der Waals surface area contributed by atoms with Crippen molar-refractivity contribution in [3.8, 4) is 22.8 Å². The van der Waals surface area contributed by atoms with Gasteiger partial charge in [-0.1, -0.05) is 30.3 Å². The third-order valence-corrected chi connectivity index (χ3v) is 4.20. The zero-order valence-electron chi connectivity index (χ0n) is 17.0. The molecular formula is C22H26N4O3. The summed E-state index contributed by atoms with van der Waals surface area (Å²) in [5.74, 6) is 1.09. The van der Waals surface area contributed by atoms with Crippen molar-refractivity contribution in [2.75, 3.05) is 20.3 Å². The van der Waals surface area contributed by atoms with E-state index in [1.165, 1.54) is 0 Å². The van der Waals surface area contributed by atoms with Crippen molar-refractivity contribution in [1.82, 2.24) is 20.1 Å². The second-order valence-electron chi connectivity index (χ2n) is 6.77.